The molecule has 0 aliphatic heterocycles. The quantitative estimate of drug-likeness (QED) is 0.710. The summed E-state index contributed by atoms with van der Waals surface area (Å²) in [7, 11) is 0. The van der Waals surface area contributed by atoms with Gasteiger partial charge in [-0.15, -0.1) is 0 Å². The zero-order chi connectivity index (χ0) is 8.97. The molecule has 0 saturated carbocycles. The molecule has 0 fully saturated rings. The third-order valence-corrected chi connectivity index (χ3v) is 1.74. The van der Waals surface area contributed by atoms with Gasteiger partial charge in [-0.05, 0) is 25.6 Å². The van der Waals surface area contributed by atoms with Crippen LogP contribution < -0.4 is 11.1 Å². The molecular weight excluding hydrogens is 152 g/mol. The Kier molecular flexibility index (Phi) is 3.31. The van der Waals surface area contributed by atoms with Crippen molar-refractivity contribution in [3.63, 3.8) is 0 Å². The van der Waals surface area contributed by atoms with E-state index in [0.717, 1.165) is 24.6 Å². The van der Waals surface area contributed by atoms with Gasteiger partial charge < -0.3 is 15.5 Å². The topological polar surface area (TPSA) is 51.2 Å². The van der Waals surface area contributed by atoms with E-state index in [1.54, 1.807) is 0 Å². The van der Waals surface area contributed by atoms with Gasteiger partial charge in [-0.3, -0.25) is 0 Å². The van der Waals surface area contributed by atoms with Crippen molar-refractivity contribution in [3.8, 4) is 0 Å². The second-order valence-electron chi connectivity index (χ2n) is 2.86. The Morgan fingerprint density at radius 2 is 2.33 bits per heavy atom. The van der Waals surface area contributed by atoms with Crippen molar-refractivity contribution < 1.29 is 4.42 Å². The summed E-state index contributed by atoms with van der Waals surface area (Å²) in [4.78, 5) is 0. The molecule has 1 aromatic rings. The first kappa shape index (κ1) is 9.29. The number of rotatable bonds is 4. The molecule has 3 nitrogen and oxygen atoms in total. The Balaban J connectivity index is 2.47. The van der Waals surface area contributed by atoms with E-state index < -0.39 is 0 Å². The number of nitrogens with one attached hydrogen (secondary N) is 1. The molecule has 68 valence electrons. The summed E-state index contributed by atoms with van der Waals surface area (Å²) in [6.07, 6.45) is 0. The minimum absolute atomic E-state index is 0.0290. The molecule has 0 amide bonds. The summed E-state index contributed by atoms with van der Waals surface area (Å²) in [5.74, 6) is 1.77. The lowest BCUT2D eigenvalue weighted by Crippen LogP contribution is -2.26. The third kappa shape index (κ3) is 2.36. The van der Waals surface area contributed by atoms with Gasteiger partial charge in [0.1, 0.15) is 11.5 Å². The Labute approximate surface area is 72.9 Å². The number of furan rings is 1. The number of likely N-dealkylation sites (N-methyl/N-ethyl adjacent to an activating group) is 1. The molecule has 12 heavy (non-hydrogen) atoms. The average molecular weight is 168 g/mol. The van der Waals surface area contributed by atoms with E-state index in [2.05, 4.69) is 12.2 Å². The lowest BCUT2D eigenvalue weighted by molar-refractivity contribution is 0.435. The van der Waals surface area contributed by atoms with Crippen molar-refractivity contribution in [1.82, 2.24) is 5.32 Å². The Morgan fingerprint density at radius 3 is 2.83 bits per heavy atom. The predicted octanol–water partition coefficient (Wildman–Crippen LogP) is 1.20. The van der Waals surface area contributed by atoms with Gasteiger partial charge in [-0.25, -0.2) is 0 Å². The van der Waals surface area contributed by atoms with Crippen molar-refractivity contribution in [2.45, 2.75) is 19.9 Å². The summed E-state index contributed by atoms with van der Waals surface area (Å²) in [6.45, 7) is 5.68. The largest absolute Gasteiger partial charge is 0.465 e. The molecule has 0 aliphatic carbocycles. The van der Waals surface area contributed by atoms with E-state index in [4.69, 9.17) is 10.2 Å². The van der Waals surface area contributed by atoms with Crippen molar-refractivity contribution in [2.75, 3.05) is 13.1 Å². The fourth-order valence-corrected chi connectivity index (χ4v) is 1.05. The first-order valence-electron chi connectivity index (χ1n) is 4.26. The predicted molar refractivity (Wildman–Crippen MR) is 48.9 cm³/mol. The summed E-state index contributed by atoms with van der Waals surface area (Å²) in [6, 6.07) is 3.83. The van der Waals surface area contributed by atoms with Crippen LogP contribution in [-0.4, -0.2) is 13.1 Å². The minimum Gasteiger partial charge on any atom is -0.465 e. The first-order chi connectivity index (χ1) is 5.74. The highest BCUT2D eigenvalue weighted by Gasteiger charge is 2.08. The van der Waals surface area contributed by atoms with Gasteiger partial charge in [0.05, 0.1) is 6.04 Å². The molecule has 0 saturated heterocycles. The molecule has 0 aliphatic rings. The van der Waals surface area contributed by atoms with Crippen LogP contribution in [0.3, 0.4) is 0 Å². The van der Waals surface area contributed by atoms with Gasteiger partial charge in [0, 0.05) is 6.54 Å². The van der Waals surface area contributed by atoms with Crippen LogP contribution >= 0.6 is 0 Å². The normalized spacial score (nSPS) is 13.2. The molecule has 0 spiro atoms. The highest BCUT2D eigenvalue weighted by Crippen LogP contribution is 2.12. The lowest BCUT2D eigenvalue weighted by Gasteiger charge is -2.08. The molecular formula is C9H16N2O. The van der Waals surface area contributed by atoms with Crippen molar-refractivity contribution in [3.05, 3.63) is 23.7 Å². The van der Waals surface area contributed by atoms with E-state index in [0.29, 0.717) is 0 Å². The van der Waals surface area contributed by atoms with Crippen LogP contribution in [0.1, 0.15) is 24.5 Å². The van der Waals surface area contributed by atoms with Crippen LogP contribution in [0.25, 0.3) is 0 Å². The Bertz CT molecular complexity index is 232. The van der Waals surface area contributed by atoms with Gasteiger partial charge in [-0.1, -0.05) is 6.92 Å². The van der Waals surface area contributed by atoms with Crippen LogP contribution in [0.4, 0.5) is 0 Å². The maximum Gasteiger partial charge on any atom is 0.122 e. The fraction of sp³-hybridized carbons (Fsp3) is 0.556. The van der Waals surface area contributed by atoms with Crippen LogP contribution in [0.2, 0.25) is 0 Å². The SMILES string of the molecule is CCNCC(N)c1ccc(C)o1. The second kappa shape index (κ2) is 4.28. The molecule has 1 atom stereocenters. The highest BCUT2D eigenvalue weighted by molar-refractivity contribution is 5.09. The van der Waals surface area contributed by atoms with E-state index in [1.165, 1.54) is 0 Å². The van der Waals surface area contributed by atoms with Gasteiger partial charge in [0.2, 0.25) is 0 Å². The van der Waals surface area contributed by atoms with Crippen LogP contribution in [0.5, 0.6) is 0 Å². The molecule has 1 unspecified atom stereocenters. The first-order valence-corrected chi connectivity index (χ1v) is 4.26. The fourth-order valence-electron chi connectivity index (χ4n) is 1.05. The van der Waals surface area contributed by atoms with Gasteiger partial charge in [0.15, 0.2) is 0 Å². The van der Waals surface area contributed by atoms with E-state index in [-0.39, 0.29) is 6.04 Å². The van der Waals surface area contributed by atoms with Crippen LogP contribution in [-0.2, 0) is 0 Å². The standard InChI is InChI=1S/C9H16N2O/c1-3-11-6-8(10)9-5-4-7(2)12-9/h4-5,8,11H,3,6,10H2,1-2H3. The Morgan fingerprint density at radius 1 is 1.58 bits per heavy atom. The molecule has 0 aromatic carbocycles. The van der Waals surface area contributed by atoms with Crippen molar-refractivity contribution >= 4 is 0 Å². The lowest BCUT2D eigenvalue weighted by atomic mass is 10.2. The molecule has 0 radical (unpaired) electrons. The van der Waals surface area contributed by atoms with E-state index in [9.17, 15) is 0 Å². The zero-order valence-electron chi connectivity index (χ0n) is 7.63. The molecule has 3 heteroatoms. The summed E-state index contributed by atoms with van der Waals surface area (Å²) < 4.78 is 5.38. The molecule has 3 N–H and O–H groups in total. The highest BCUT2D eigenvalue weighted by atomic mass is 16.3. The minimum atomic E-state index is -0.0290. The van der Waals surface area contributed by atoms with E-state index in [1.807, 2.05) is 19.1 Å². The second-order valence-corrected chi connectivity index (χ2v) is 2.86. The smallest absolute Gasteiger partial charge is 0.122 e. The molecule has 1 rings (SSSR count). The zero-order valence-corrected chi connectivity index (χ0v) is 7.63. The van der Waals surface area contributed by atoms with Crippen LogP contribution in [0, 0.1) is 6.92 Å². The van der Waals surface area contributed by atoms with Crippen molar-refractivity contribution in [2.24, 2.45) is 5.73 Å². The number of nitrogens with two attached hydrogens (primary N) is 1. The van der Waals surface area contributed by atoms with Gasteiger partial charge in [0.25, 0.3) is 0 Å². The summed E-state index contributed by atoms with van der Waals surface area (Å²) in [5.41, 5.74) is 5.84. The van der Waals surface area contributed by atoms with E-state index >= 15 is 0 Å². The monoisotopic (exact) mass is 168 g/mol. The summed E-state index contributed by atoms with van der Waals surface area (Å²) >= 11 is 0. The third-order valence-electron chi connectivity index (χ3n) is 1.74. The number of aryl methyl sites for hydroxylation is 1. The molecule has 1 heterocycles. The molecule has 1 aromatic heterocycles. The number of hydrogen-bond acceptors (Lipinski definition) is 3. The maximum absolute atomic E-state index is 5.84. The molecule has 0 bridgehead atoms. The van der Waals surface area contributed by atoms with Gasteiger partial charge in [-0.2, -0.15) is 0 Å². The van der Waals surface area contributed by atoms with Crippen LogP contribution in [0.15, 0.2) is 16.5 Å². The average Bonchev–Trinajstić information content (AvgIpc) is 2.47. The number of hydrogen-bond donors (Lipinski definition) is 2. The van der Waals surface area contributed by atoms with Crippen molar-refractivity contribution in [1.29, 1.82) is 0 Å². The maximum atomic E-state index is 5.84. The summed E-state index contributed by atoms with van der Waals surface area (Å²) in [5, 5.41) is 3.17. The Hall–Kier alpha value is -0.800. The van der Waals surface area contributed by atoms with Gasteiger partial charge >= 0.3 is 0 Å².